The molecule has 152 valence electrons. The van der Waals surface area contributed by atoms with E-state index in [4.69, 9.17) is 0 Å². The molecule has 1 N–H and O–H groups in total. The van der Waals surface area contributed by atoms with E-state index < -0.39 is 0 Å². The molecule has 1 saturated heterocycles. The number of amides is 1. The Morgan fingerprint density at radius 1 is 1.24 bits per heavy atom. The topological polar surface area (TPSA) is 63.1 Å². The molecule has 1 atom stereocenters. The lowest BCUT2D eigenvalue weighted by molar-refractivity contribution is 0.0686. The Morgan fingerprint density at radius 2 is 2.03 bits per heavy atom. The molecule has 1 spiro atoms. The molecule has 2 aromatic heterocycles. The van der Waals surface area contributed by atoms with Gasteiger partial charge in [0.2, 0.25) is 0 Å². The summed E-state index contributed by atoms with van der Waals surface area (Å²) in [5, 5.41) is 16.4. The van der Waals surface area contributed by atoms with Crippen LogP contribution < -0.4 is 5.32 Å². The molecule has 3 aromatic rings. The van der Waals surface area contributed by atoms with Crippen molar-refractivity contribution in [1.82, 2.24) is 25.2 Å². The van der Waals surface area contributed by atoms with Gasteiger partial charge in [0.15, 0.2) is 5.69 Å². The van der Waals surface area contributed by atoms with Crippen LogP contribution in [0.5, 0.6) is 0 Å². The number of aromatic nitrogens is 3. The number of nitrogens with zero attached hydrogens (tertiary/aromatic N) is 4. The third-order valence-electron chi connectivity index (χ3n) is 6.01. The van der Waals surface area contributed by atoms with Gasteiger partial charge in [0.25, 0.3) is 5.91 Å². The summed E-state index contributed by atoms with van der Waals surface area (Å²) in [6.07, 6.45) is 4.97. The molecule has 1 unspecified atom stereocenters. The summed E-state index contributed by atoms with van der Waals surface area (Å²) in [4.78, 5) is 17.0. The van der Waals surface area contributed by atoms with Gasteiger partial charge >= 0.3 is 0 Å². The fraction of sp³-hybridized carbons (Fsp3) is 0.381. The van der Waals surface area contributed by atoms with E-state index in [9.17, 15) is 4.79 Å². The maximum atomic E-state index is 13.4. The average molecular weight is 430 g/mol. The molecular weight excluding hydrogens is 406 g/mol. The highest BCUT2D eigenvalue weighted by molar-refractivity contribution is 7.07. The molecule has 8 heteroatoms. The van der Waals surface area contributed by atoms with Crippen molar-refractivity contribution in [3.63, 3.8) is 0 Å². The molecule has 3 heterocycles. The van der Waals surface area contributed by atoms with Crippen LogP contribution in [0.1, 0.15) is 35.3 Å². The zero-order valence-corrected chi connectivity index (χ0v) is 17.7. The van der Waals surface area contributed by atoms with Crippen LogP contribution in [0.2, 0.25) is 0 Å². The fourth-order valence-corrected chi connectivity index (χ4v) is 4.99. The van der Waals surface area contributed by atoms with Crippen LogP contribution >= 0.6 is 23.7 Å². The Balaban J connectivity index is 0.00000205. The monoisotopic (exact) mass is 429 g/mol. The van der Waals surface area contributed by atoms with Gasteiger partial charge in [-0.3, -0.25) is 4.79 Å². The van der Waals surface area contributed by atoms with Gasteiger partial charge in [-0.05, 0) is 72.3 Å². The largest absolute Gasteiger partial charge is 0.329 e. The molecule has 1 amide bonds. The lowest BCUT2D eigenvalue weighted by atomic mass is 9.93. The quantitative estimate of drug-likeness (QED) is 0.673. The average Bonchev–Trinajstić information content (AvgIpc) is 3.16. The predicted molar refractivity (Wildman–Crippen MR) is 116 cm³/mol. The minimum absolute atomic E-state index is 0. The van der Waals surface area contributed by atoms with Crippen molar-refractivity contribution < 1.29 is 4.79 Å². The van der Waals surface area contributed by atoms with E-state index in [1.165, 1.54) is 10.4 Å². The number of para-hydroxylation sites is 1. The van der Waals surface area contributed by atoms with Crippen LogP contribution in [0.3, 0.4) is 0 Å². The molecule has 1 aliphatic heterocycles. The Bertz CT molecular complexity index is 953. The van der Waals surface area contributed by atoms with E-state index in [2.05, 4.69) is 32.3 Å². The molecule has 6 nitrogen and oxygen atoms in total. The van der Waals surface area contributed by atoms with Gasteiger partial charge < -0.3 is 10.2 Å². The molecule has 0 radical (unpaired) electrons. The number of hydrogen-bond acceptors (Lipinski definition) is 5. The van der Waals surface area contributed by atoms with Crippen molar-refractivity contribution in [3.8, 4) is 5.69 Å². The number of carbonyl (C=O) groups excluding carboxylic acids is 1. The lowest BCUT2D eigenvalue weighted by Gasteiger charge is -2.29. The lowest BCUT2D eigenvalue weighted by Crippen LogP contribution is -2.39. The fourth-order valence-electron chi connectivity index (χ4n) is 4.33. The van der Waals surface area contributed by atoms with Gasteiger partial charge in [-0.25, -0.2) is 0 Å². The summed E-state index contributed by atoms with van der Waals surface area (Å²) in [7, 11) is 0. The van der Waals surface area contributed by atoms with Gasteiger partial charge in [-0.2, -0.15) is 21.2 Å². The Morgan fingerprint density at radius 3 is 2.76 bits per heavy atom. The Labute approximate surface area is 180 Å². The molecule has 1 aliphatic carbocycles. The highest BCUT2D eigenvalue weighted by Crippen LogP contribution is 2.56. The van der Waals surface area contributed by atoms with Crippen molar-refractivity contribution in [2.45, 2.75) is 31.8 Å². The second kappa shape index (κ2) is 8.26. The molecule has 2 fully saturated rings. The van der Waals surface area contributed by atoms with Gasteiger partial charge in [0, 0.05) is 12.6 Å². The van der Waals surface area contributed by atoms with Crippen molar-refractivity contribution >= 4 is 29.7 Å². The van der Waals surface area contributed by atoms with E-state index in [-0.39, 0.29) is 23.7 Å². The van der Waals surface area contributed by atoms with Crippen molar-refractivity contribution in [2.75, 3.05) is 13.1 Å². The minimum Gasteiger partial charge on any atom is -0.329 e. The number of halogens is 1. The zero-order chi connectivity index (χ0) is 19.0. The van der Waals surface area contributed by atoms with Gasteiger partial charge in [-0.15, -0.1) is 17.5 Å². The summed E-state index contributed by atoms with van der Waals surface area (Å²) in [6.45, 7) is 2.72. The summed E-state index contributed by atoms with van der Waals surface area (Å²) in [5.41, 5.74) is 2.74. The molecule has 5 rings (SSSR count). The number of benzene rings is 1. The number of nitrogens with one attached hydrogen (secondary N) is 1. The summed E-state index contributed by atoms with van der Waals surface area (Å²) in [6, 6.07) is 12.1. The van der Waals surface area contributed by atoms with Crippen molar-refractivity contribution in [1.29, 1.82) is 0 Å². The minimum atomic E-state index is -0.0196. The van der Waals surface area contributed by atoms with Crippen molar-refractivity contribution in [2.24, 2.45) is 5.41 Å². The standard InChI is InChI=1S/C21H23N5OS.ClH/c27-20(18-13-23-26(24-18)17-4-2-1-3-5-17)25(14-16-6-11-28-15-16)19-12-21(19)7-9-22-10-8-21;/h1-6,11,13,15,19,22H,7-10,12,14H2;1H. The number of carbonyl (C=O) groups is 1. The third kappa shape index (κ3) is 3.95. The number of rotatable bonds is 5. The summed E-state index contributed by atoms with van der Waals surface area (Å²) >= 11 is 1.67. The van der Waals surface area contributed by atoms with Crippen LogP contribution in [0.15, 0.2) is 53.4 Å². The van der Waals surface area contributed by atoms with Gasteiger partial charge in [-0.1, -0.05) is 18.2 Å². The second-order valence-electron chi connectivity index (χ2n) is 7.75. The molecule has 29 heavy (non-hydrogen) atoms. The molecule has 0 bridgehead atoms. The summed E-state index contributed by atoms with van der Waals surface area (Å²) < 4.78 is 0. The molecule has 1 aromatic carbocycles. The van der Waals surface area contributed by atoms with Crippen molar-refractivity contribution in [3.05, 3.63) is 64.6 Å². The van der Waals surface area contributed by atoms with Crippen LogP contribution in [-0.2, 0) is 6.54 Å². The highest BCUT2D eigenvalue weighted by atomic mass is 35.5. The predicted octanol–water partition coefficient (Wildman–Crippen LogP) is 3.54. The molecule has 1 saturated carbocycles. The van der Waals surface area contributed by atoms with Crippen LogP contribution in [0, 0.1) is 5.41 Å². The van der Waals surface area contributed by atoms with E-state index >= 15 is 0 Å². The first kappa shape index (κ1) is 20.1. The molecular formula is C21H24ClN5OS. The number of hydrogen-bond donors (Lipinski definition) is 1. The molecule has 2 aliphatic rings. The first-order valence-electron chi connectivity index (χ1n) is 9.76. The maximum Gasteiger partial charge on any atom is 0.276 e. The first-order valence-corrected chi connectivity index (χ1v) is 10.7. The van der Waals surface area contributed by atoms with Crippen LogP contribution in [0.25, 0.3) is 5.69 Å². The Kier molecular flexibility index (Phi) is 5.72. The normalized spacial score (nSPS) is 19.5. The van der Waals surface area contributed by atoms with Gasteiger partial charge in [0.05, 0.1) is 11.9 Å². The zero-order valence-electron chi connectivity index (χ0n) is 16.0. The SMILES string of the molecule is Cl.O=C(c1cnn(-c2ccccc2)n1)N(Cc1ccsc1)C1CC12CCNCC2. The van der Waals surface area contributed by atoms with Crippen LogP contribution in [0.4, 0.5) is 0 Å². The second-order valence-corrected chi connectivity index (χ2v) is 8.53. The van der Waals surface area contributed by atoms with E-state index in [1.807, 2.05) is 35.2 Å². The van der Waals surface area contributed by atoms with E-state index in [0.29, 0.717) is 18.3 Å². The smallest absolute Gasteiger partial charge is 0.276 e. The van der Waals surface area contributed by atoms with Gasteiger partial charge in [0.1, 0.15) is 0 Å². The Hall–Kier alpha value is -2.22. The maximum absolute atomic E-state index is 13.4. The first-order chi connectivity index (χ1) is 13.8. The van der Waals surface area contributed by atoms with E-state index in [1.54, 1.807) is 17.5 Å². The number of piperidine rings is 1. The van der Waals surface area contributed by atoms with E-state index in [0.717, 1.165) is 38.0 Å². The number of thiophene rings is 1. The third-order valence-corrected chi connectivity index (χ3v) is 6.75. The highest BCUT2D eigenvalue weighted by Gasteiger charge is 2.58. The summed E-state index contributed by atoms with van der Waals surface area (Å²) in [5.74, 6) is -0.0196. The van der Waals surface area contributed by atoms with Crippen LogP contribution in [-0.4, -0.2) is 44.9 Å².